The molecular weight excluding hydrogens is 294 g/mol. The largest absolute Gasteiger partial charge is 0.457 e. The van der Waals surface area contributed by atoms with Crippen molar-refractivity contribution in [2.75, 3.05) is 13.1 Å². The molecule has 1 saturated carbocycles. The smallest absolute Gasteiger partial charge is 0.258 e. The lowest BCUT2D eigenvalue weighted by molar-refractivity contribution is 0.0585. The number of hydrogen-bond acceptors (Lipinski definition) is 2. The first-order valence-electron chi connectivity index (χ1n) is 6.73. The Morgan fingerprint density at radius 2 is 1.89 bits per heavy atom. The topological polar surface area (TPSA) is 33.5 Å². The van der Waals surface area contributed by atoms with E-state index in [1.165, 1.54) is 38.5 Å². The van der Waals surface area contributed by atoms with E-state index >= 15 is 0 Å². The van der Waals surface area contributed by atoms with Gasteiger partial charge in [0.1, 0.15) is 0 Å². The molecular formula is C14H18BrNO2. The third-order valence-electron chi connectivity index (χ3n) is 4.62. The van der Waals surface area contributed by atoms with E-state index in [4.69, 9.17) is 4.42 Å². The highest BCUT2D eigenvalue weighted by Crippen LogP contribution is 2.46. The van der Waals surface area contributed by atoms with Crippen molar-refractivity contribution in [1.29, 1.82) is 0 Å². The van der Waals surface area contributed by atoms with Crippen molar-refractivity contribution in [1.82, 2.24) is 4.90 Å². The molecule has 0 N–H and O–H groups in total. The van der Waals surface area contributed by atoms with Gasteiger partial charge in [-0.3, -0.25) is 4.79 Å². The molecule has 0 atom stereocenters. The first-order chi connectivity index (χ1) is 8.70. The predicted octanol–water partition coefficient (Wildman–Crippen LogP) is 3.84. The lowest BCUT2D eigenvalue weighted by atomic mass is 9.77. The second-order valence-electron chi connectivity index (χ2n) is 5.61. The van der Waals surface area contributed by atoms with E-state index in [-0.39, 0.29) is 5.91 Å². The maximum Gasteiger partial charge on any atom is 0.258 e. The Bertz CT molecular complexity index is 438. The molecule has 0 radical (unpaired) electrons. The van der Waals surface area contributed by atoms with Gasteiger partial charge in [0, 0.05) is 13.1 Å². The van der Waals surface area contributed by atoms with Crippen LogP contribution >= 0.6 is 15.9 Å². The number of furan rings is 1. The molecule has 0 unspecified atom stereocenters. The zero-order chi connectivity index (χ0) is 12.6. The van der Waals surface area contributed by atoms with E-state index in [1.807, 2.05) is 4.90 Å². The fourth-order valence-electron chi connectivity index (χ4n) is 3.43. The van der Waals surface area contributed by atoms with Gasteiger partial charge in [0.05, 0.1) is 11.8 Å². The molecule has 2 heterocycles. The van der Waals surface area contributed by atoms with Gasteiger partial charge in [-0.2, -0.15) is 0 Å². The number of piperidine rings is 1. The number of carbonyl (C=O) groups is 1. The molecule has 18 heavy (non-hydrogen) atoms. The maximum absolute atomic E-state index is 12.3. The van der Waals surface area contributed by atoms with Crippen LogP contribution in [-0.4, -0.2) is 23.9 Å². The van der Waals surface area contributed by atoms with Crippen LogP contribution in [0.15, 0.2) is 21.4 Å². The highest BCUT2D eigenvalue weighted by molar-refractivity contribution is 9.10. The minimum absolute atomic E-state index is 0.100. The molecule has 1 aliphatic carbocycles. The van der Waals surface area contributed by atoms with Gasteiger partial charge in [0.2, 0.25) is 0 Å². The molecule has 4 heteroatoms. The summed E-state index contributed by atoms with van der Waals surface area (Å²) in [5.41, 5.74) is 1.21. The molecule has 0 aromatic carbocycles. The van der Waals surface area contributed by atoms with Crippen molar-refractivity contribution in [3.8, 4) is 0 Å². The number of amides is 1. The van der Waals surface area contributed by atoms with Gasteiger partial charge in [0.25, 0.3) is 5.91 Å². The van der Waals surface area contributed by atoms with Gasteiger partial charge in [0.15, 0.2) is 4.67 Å². The third-order valence-corrected chi connectivity index (χ3v) is 5.24. The molecule has 3 nitrogen and oxygen atoms in total. The molecule has 0 bridgehead atoms. The molecule has 1 spiro atoms. The van der Waals surface area contributed by atoms with Gasteiger partial charge in [-0.25, -0.2) is 0 Å². The second-order valence-corrected chi connectivity index (χ2v) is 6.33. The van der Waals surface area contributed by atoms with Crippen molar-refractivity contribution >= 4 is 21.8 Å². The van der Waals surface area contributed by atoms with Crippen LogP contribution in [0.4, 0.5) is 0 Å². The van der Waals surface area contributed by atoms with Gasteiger partial charge in [-0.1, -0.05) is 12.8 Å². The van der Waals surface area contributed by atoms with Gasteiger partial charge in [-0.05, 0) is 53.1 Å². The first-order valence-corrected chi connectivity index (χ1v) is 7.52. The summed E-state index contributed by atoms with van der Waals surface area (Å²) in [6.45, 7) is 1.80. The summed E-state index contributed by atoms with van der Waals surface area (Å²) in [5.74, 6) is 0.100. The zero-order valence-corrected chi connectivity index (χ0v) is 12.0. The average Bonchev–Trinajstić information content (AvgIpc) is 2.99. The first kappa shape index (κ1) is 12.3. The quantitative estimate of drug-likeness (QED) is 0.789. The highest BCUT2D eigenvalue weighted by Gasteiger charge is 2.38. The molecule has 1 saturated heterocycles. The summed E-state index contributed by atoms with van der Waals surface area (Å²) < 4.78 is 5.69. The number of rotatable bonds is 1. The number of nitrogens with zero attached hydrogens (tertiary/aromatic N) is 1. The fraction of sp³-hybridized carbons (Fsp3) is 0.643. The van der Waals surface area contributed by atoms with Crippen LogP contribution in [0, 0.1) is 5.41 Å². The van der Waals surface area contributed by atoms with Gasteiger partial charge < -0.3 is 9.32 Å². The zero-order valence-electron chi connectivity index (χ0n) is 10.5. The minimum atomic E-state index is 0.100. The molecule has 1 aromatic heterocycles. The number of likely N-dealkylation sites (tertiary alicyclic amines) is 1. The van der Waals surface area contributed by atoms with Crippen LogP contribution in [0.1, 0.15) is 48.9 Å². The Hall–Kier alpha value is -0.770. The average molecular weight is 312 g/mol. The molecule has 2 aliphatic rings. The molecule has 98 valence electrons. The molecule has 1 aromatic rings. The highest BCUT2D eigenvalue weighted by atomic mass is 79.9. The summed E-state index contributed by atoms with van der Waals surface area (Å²) in [5, 5.41) is 0. The van der Waals surface area contributed by atoms with Crippen LogP contribution in [-0.2, 0) is 0 Å². The van der Waals surface area contributed by atoms with Crippen molar-refractivity contribution in [3.05, 3.63) is 22.6 Å². The Kier molecular flexibility index (Phi) is 3.22. The summed E-state index contributed by atoms with van der Waals surface area (Å²) >= 11 is 3.28. The lowest BCUT2D eigenvalue weighted by Crippen LogP contribution is -2.42. The summed E-state index contributed by atoms with van der Waals surface area (Å²) in [4.78, 5) is 14.3. The predicted molar refractivity (Wildman–Crippen MR) is 72.4 cm³/mol. The Morgan fingerprint density at radius 3 is 2.44 bits per heavy atom. The number of carbonyl (C=O) groups excluding carboxylic acids is 1. The maximum atomic E-state index is 12.3. The van der Waals surface area contributed by atoms with Crippen molar-refractivity contribution in [2.45, 2.75) is 38.5 Å². The Labute approximate surface area is 116 Å². The standard InChI is InChI=1S/C14H18BrNO2/c15-12-11(3-10-18-12)13(17)16-8-6-14(7-9-16)4-1-2-5-14/h3,10H,1-2,4-9H2. The van der Waals surface area contributed by atoms with Crippen LogP contribution in [0.3, 0.4) is 0 Å². The van der Waals surface area contributed by atoms with Crippen molar-refractivity contribution in [3.63, 3.8) is 0 Å². The SMILES string of the molecule is O=C(c1ccoc1Br)N1CCC2(CCCC2)CC1. The van der Waals surface area contributed by atoms with Crippen LogP contribution in [0.5, 0.6) is 0 Å². The van der Waals surface area contributed by atoms with E-state index in [0.29, 0.717) is 15.6 Å². The van der Waals surface area contributed by atoms with E-state index < -0.39 is 0 Å². The molecule has 1 aliphatic heterocycles. The molecule has 2 fully saturated rings. The summed E-state index contributed by atoms with van der Waals surface area (Å²) in [7, 11) is 0. The number of halogens is 1. The lowest BCUT2D eigenvalue weighted by Gasteiger charge is -2.39. The Balaban J connectivity index is 1.66. The van der Waals surface area contributed by atoms with E-state index in [1.54, 1.807) is 12.3 Å². The monoisotopic (exact) mass is 311 g/mol. The van der Waals surface area contributed by atoms with Crippen molar-refractivity contribution < 1.29 is 9.21 Å². The van der Waals surface area contributed by atoms with Crippen LogP contribution in [0.2, 0.25) is 0 Å². The summed E-state index contributed by atoms with van der Waals surface area (Å²) in [6.07, 6.45) is 9.39. The van der Waals surface area contributed by atoms with E-state index in [2.05, 4.69) is 15.9 Å². The Morgan fingerprint density at radius 1 is 1.22 bits per heavy atom. The summed E-state index contributed by atoms with van der Waals surface area (Å²) in [6, 6.07) is 1.74. The second kappa shape index (κ2) is 4.72. The molecule has 1 amide bonds. The van der Waals surface area contributed by atoms with Gasteiger partial charge >= 0.3 is 0 Å². The van der Waals surface area contributed by atoms with E-state index in [9.17, 15) is 4.79 Å². The minimum Gasteiger partial charge on any atom is -0.457 e. The molecule has 3 rings (SSSR count). The van der Waals surface area contributed by atoms with Crippen LogP contribution in [0.25, 0.3) is 0 Å². The van der Waals surface area contributed by atoms with E-state index in [0.717, 1.165) is 13.1 Å². The van der Waals surface area contributed by atoms with Crippen molar-refractivity contribution in [2.24, 2.45) is 5.41 Å². The fourth-order valence-corrected chi connectivity index (χ4v) is 3.84. The van der Waals surface area contributed by atoms with Gasteiger partial charge in [-0.15, -0.1) is 0 Å². The number of hydrogen-bond donors (Lipinski definition) is 0. The normalized spacial score (nSPS) is 22.6. The van der Waals surface area contributed by atoms with Crippen LogP contribution < -0.4 is 0 Å². The third kappa shape index (κ3) is 2.11.